The summed E-state index contributed by atoms with van der Waals surface area (Å²) in [5.41, 5.74) is 16.0. The first kappa shape index (κ1) is 14.7. The third kappa shape index (κ3) is 2.51. The highest BCUT2D eigenvalue weighted by Gasteiger charge is 2.16. The third-order valence-electron chi connectivity index (χ3n) is 3.71. The van der Waals surface area contributed by atoms with Crippen molar-refractivity contribution >= 4 is 27.5 Å². The van der Waals surface area contributed by atoms with E-state index >= 15 is 0 Å². The average molecular weight is 337 g/mol. The average Bonchev–Trinajstić information content (AvgIpc) is 3.19. The van der Waals surface area contributed by atoms with E-state index in [-0.39, 0.29) is 0 Å². The van der Waals surface area contributed by atoms with Crippen LogP contribution in [0.2, 0.25) is 0 Å². The van der Waals surface area contributed by atoms with E-state index in [2.05, 4.69) is 19.9 Å². The number of nitrogens with zero attached hydrogens (tertiary/aromatic N) is 5. The quantitative estimate of drug-likeness (QED) is 0.591. The second kappa shape index (κ2) is 5.99. The topological polar surface area (TPSA) is 109 Å². The zero-order chi connectivity index (χ0) is 16.5. The van der Waals surface area contributed by atoms with Gasteiger partial charge in [-0.3, -0.25) is 9.97 Å². The Bertz CT molecular complexity index is 990. The highest BCUT2D eigenvalue weighted by Crippen LogP contribution is 2.37. The number of imidazole rings is 1. The molecule has 0 fully saturated rings. The fourth-order valence-electron chi connectivity index (χ4n) is 2.62. The van der Waals surface area contributed by atoms with E-state index in [1.165, 1.54) is 11.3 Å². The van der Waals surface area contributed by atoms with Crippen LogP contribution in [0.5, 0.6) is 0 Å². The molecular formula is C16H15N7S. The van der Waals surface area contributed by atoms with Crippen LogP contribution in [0.4, 0.5) is 5.13 Å². The molecule has 0 spiro atoms. The zero-order valence-corrected chi connectivity index (χ0v) is 13.6. The second-order valence-corrected chi connectivity index (χ2v) is 6.28. The first-order valence-electron chi connectivity index (χ1n) is 7.44. The maximum atomic E-state index is 5.95. The van der Waals surface area contributed by atoms with Gasteiger partial charge in [0.15, 0.2) is 5.13 Å². The molecule has 0 bridgehead atoms. The molecule has 7 nitrogen and oxygen atoms in total. The van der Waals surface area contributed by atoms with Gasteiger partial charge in [-0.2, -0.15) is 0 Å². The zero-order valence-electron chi connectivity index (χ0n) is 12.8. The summed E-state index contributed by atoms with van der Waals surface area (Å²) in [5.74, 6) is 0. The van der Waals surface area contributed by atoms with Crippen molar-refractivity contribution in [3.8, 4) is 21.8 Å². The van der Waals surface area contributed by atoms with Crippen molar-refractivity contribution in [2.24, 2.45) is 5.73 Å². The Morgan fingerprint density at radius 3 is 2.79 bits per heavy atom. The molecule has 0 saturated carbocycles. The van der Waals surface area contributed by atoms with Crippen molar-refractivity contribution in [1.29, 1.82) is 0 Å². The molecule has 0 unspecified atom stereocenters. The van der Waals surface area contributed by atoms with Crippen LogP contribution in [0.1, 0.15) is 0 Å². The number of nitrogens with two attached hydrogens (primary N) is 2. The molecule has 24 heavy (non-hydrogen) atoms. The van der Waals surface area contributed by atoms with E-state index in [0.29, 0.717) is 18.2 Å². The fraction of sp³-hybridized carbons (Fsp3) is 0.125. The molecule has 0 aliphatic heterocycles. The lowest BCUT2D eigenvalue weighted by Crippen LogP contribution is -2.08. The van der Waals surface area contributed by atoms with Crippen molar-refractivity contribution in [1.82, 2.24) is 24.5 Å². The van der Waals surface area contributed by atoms with E-state index < -0.39 is 0 Å². The number of pyridine rings is 2. The second-order valence-electron chi connectivity index (χ2n) is 5.25. The van der Waals surface area contributed by atoms with Gasteiger partial charge in [-0.25, -0.2) is 9.97 Å². The normalized spacial score (nSPS) is 11.2. The van der Waals surface area contributed by atoms with E-state index in [1.807, 2.05) is 22.8 Å². The molecule has 4 heterocycles. The molecule has 8 heteroatoms. The van der Waals surface area contributed by atoms with Gasteiger partial charge < -0.3 is 16.0 Å². The van der Waals surface area contributed by atoms with Crippen molar-refractivity contribution in [3.63, 3.8) is 0 Å². The molecule has 0 aromatic carbocycles. The van der Waals surface area contributed by atoms with Crippen molar-refractivity contribution in [3.05, 3.63) is 43.1 Å². The van der Waals surface area contributed by atoms with Crippen LogP contribution in [0.25, 0.3) is 32.9 Å². The van der Waals surface area contributed by atoms with Gasteiger partial charge in [0.1, 0.15) is 11.2 Å². The van der Waals surface area contributed by atoms with Gasteiger partial charge in [0, 0.05) is 25.5 Å². The Labute approximate surface area is 142 Å². The summed E-state index contributed by atoms with van der Waals surface area (Å²) in [6, 6.07) is 5.86. The van der Waals surface area contributed by atoms with E-state index in [0.717, 1.165) is 32.9 Å². The Morgan fingerprint density at radius 2 is 2.00 bits per heavy atom. The molecule has 4 rings (SSSR count). The number of aromatic nitrogens is 5. The van der Waals surface area contributed by atoms with Gasteiger partial charge in [-0.1, -0.05) is 11.3 Å². The van der Waals surface area contributed by atoms with Crippen molar-refractivity contribution in [2.45, 2.75) is 6.54 Å². The summed E-state index contributed by atoms with van der Waals surface area (Å²) in [4.78, 5) is 18.4. The number of thiazole rings is 1. The van der Waals surface area contributed by atoms with Gasteiger partial charge in [0.25, 0.3) is 0 Å². The Balaban J connectivity index is 1.87. The standard InChI is InChI=1S/C16H15N7S/c17-3-6-23-9-21-12-8-20-11(7-13(12)23)14-15(24-16(18)22-14)10-1-4-19-5-2-10/h1-2,4-5,7-9H,3,6,17H2,(H2,18,22). The lowest BCUT2D eigenvalue weighted by molar-refractivity contribution is 0.728. The van der Waals surface area contributed by atoms with Gasteiger partial charge in [0.2, 0.25) is 0 Å². The summed E-state index contributed by atoms with van der Waals surface area (Å²) >= 11 is 1.44. The minimum atomic E-state index is 0.508. The monoisotopic (exact) mass is 337 g/mol. The van der Waals surface area contributed by atoms with Crippen LogP contribution in [0.15, 0.2) is 43.1 Å². The van der Waals surface area contributed by atoms with E-state index in [9.17, 15) is 0 Å². The molecule has 0 saturated heterocycles. The molecule has 0 aliphatic rings. The SMILES string of the molecule is NCCn1cnc2cnc(-c3nc(N)sc3-c3ccncc3)cc21. The maximum absolute atomic E-state index is 5.95. The Morgan fingerprint density at radius 1 is 1.17 bits per heavy atom. The number of nitrogen functional groups attached to an aromatic ring is 1. The molecule has 0 aliphatic carbocycles. The van der Waals surface area contributed by atoms with Crippen LogP contribution in [0, 0.1) is 0 Å². The number of rotatable bonds is 4. The first-order valence-corrected chi connectivity index (χ1v) is 8.26. The van der Waals surface area contributed by atoms with Crippen LogP contribution in [-0.2, 0) is 6.54 Å². The first-order chi connectivity index (χ1) is 11.8. The van der Waals surface area contributed by atoms with E-state index in [1.54, 1.807) is 24.9 Å². The summed E-state index contributed by atoms with van der Waals surface area (Å²) in [5, 5.41) is 0.508. The van der Waals surface area contributed by atoms with Gasteiger partial charge in [0.05, 0.1) is 28.6 Å². The lowest BCUT2D eigenvalue weighted by Gasteiger charge is -2.04. The molecule has 0 radical (unpaired) electrons. The maximum Gasteiger partial charge on any atom is 0.181 e. The van der Waals surface area contributed by atoms with Gasteiger partial charge >= 0.3 is 0 Å². The Hall–Kier alpha value is -2.84. The van der Waals surface area contributed by atoms with Crippen LogP contribution >= 0.6 is 11.3 Å². The molecular weight excluding hydrogens is 322 g/mol. The van der Waals surface area contributed by atoms with Crippen molar-refractivity contribution in [2.75, 3.05) is 12.3 Å². The molecule has 4 N–H and O–H groups in total. The predicted octanol–water partition coefficient (Wildman–Crippen LogP) is 2.16. The smallest absolute Gasteiger partial charge is 0.181 e. The van der Waals surface area contributed by atoms with Crippen LogP contribution in [-0.4, -0.2) is 31.0 Å². The molecule has 4 aromatic heterocycles. The number of fused-ring (bicyclic) bond motifs is 1. The minimum absolute atomic E-state index is 0.508. The summed E-state index contributed by atoms with van der Waals surface area (Å²) in [6.45, 7) is 1.26. The van der Waals surface area contributed by atoms with Gasteiger partial charge in [-0.15, -0.1) is 0 Å². The number of anilines is 1. The van der Waals surface area contributed by atoms with Gasteiger partial charge in [-0.05, 0) is 23.8 Å². The van der Waals surface area contributed by atoms with Crippen LogP contribution < -0.4 is 11.5 Å². The summed E-state index contributed by atoms with van der Waals surface area (Å²) in [6.07, 6.45) is 7.04. The predicted molar refractivity (Wildman–Crippen MR) is 95.3 cm³/mol. The van der Waals surface area contributed by atoms with Crippen molar-refractivity contribution < 1.29 is 0 Å². The highest BCUT2D eigenvalue weighted by molar-refractivity contribution is 7.19. The third-order valence-corrected chi connectivity index (χ3v) is 4.64. The fourth-order valence-corrected chi connectivity index (χ4v) is 3.46. The minimum Gasteiger partial charge on any atom is -0.375 e. The summed E-state index contributed by atoms with van der Waals surface area (Å²) < 4.78 is 2.02. The Kier molecular flexibility index (Phi) is 3.68. The molecule has 0 atom stereocenters. The highest BCUT2D eigenvalue weighted by atomic mass is 32.1. The largest absolute Gasteiger partial charge is 0.375 e. The molecule has 4 aromatic rings. The summed E-state index contributed by atoms with van der Waals surface area (Å²) in [7, 11) is 0. The number of hydrogen-bond acceptors (Lipinski definition) is 7. The van der Waals surface area contributed by atoms with E-state index in [4.69, 9.17) is 11.5 Å². The van der Waals surface area contributed by atoms with Crippen LogP contribution in [0.3, 0.4) is 0 Å². The molecule has 0 amide bonds. The lowest BCUT2D eigenvalue weighted by atomic mass is 10.1. The number of hydrogen-bond donors (Lipinski definition) is 2. The molecule has 120 valence electrons.